The first-order valence-electron chi connectivity index (χ1n) is 11.8. The molecule has 4 rings (SSSR count). The highest BCUT2D eigenvalue weighted by Gasteiger charge is 2.37. The summed E-state index contributed by atoms with van der Waals surface area (Å²) in [5, 5.41) is 16.0. The molecule has 2 aliphatic rings. The third kappa shape index (κ3) is 5.65. The van der Waals surface area contributed by atoms with Crippen molar-refractivity contribution in [2.45, 2.75) is 40.5 Å². The van der Waals surface area contributed by atoms with Gasteiger partial charge in [0, 0.05) is 5.92 Å². The molecular formula is C27H30N4O3S. The average Bonchev–Trinajstić information content (AvgIpc) is 3.27. The highest BCUT2D eigenvalue weighted by atomic mass is 32.2. The van der Waals surface area contributed by atoms with Crippen molar-refractivity contribution in [3.63, 3.8) is 0 Å². The van der Waals surface area contributed by atoms with Crippen molar-refractivity contribution in [3.05, 3.63) is 64.7 Å². The first kappa shape index (κ1) is 24.7. The van der Waals surface area contributed by atoms with E-state index >= 15 is 0 Å². The molecule has 8 heteroatoms. The Balaban J connectivity index is 1.36. The van der Waals surface area contributed by atoms with Crippen LogP contribution in [0.3, 0.4) is 0 Å². The number of benzene rings is 2. The number of hydrogen-bond acceptors (Lipinski definition) is 6. The molecule has 0 saturated carbocycles. The highest BCUT2D eigenvalue weighted by Crippen LogP contribution is 2.33. The molecule has 182 valence electrons. The van der Waals surface area contributed by atoms with Gasteiger partial charge in [0.2, 0.25) is 5.17 Å². The standard InChI is InChI=1S/C27H30N4O3S/c1-5-20(6-2)26-30-31-24(28)23(25(32)29-27(31)35-26)16-19-8-11-21(12-9-19)33-13-14-34-22-10-7-17(3)18(4)15-22/h7-12,15-16,20,28H,5-6,13-14H2,1-4H3/b23-16+,28-24?. The summed E-state index contributed by atoms with van der Waals surface area (Å²) in [5.41, 5.74) is 3.44. The molecule has 0 atom stereocenters. The second-order valence-electron chi connectivity index (χ2n) is 8.48. The van der Waals surface area contributed by atoms with E-state index in [0.29, 0.717) is 30.0 Å². The van der Waals surface area contributed by atoms with E-state index in [1.165, 1.54) is 27.9 Å². The maximum atomic E-state index is 12.6. The summed E-state index contributed by atoms with van der Waals surface area (Å²) in [7, 11) is 0. The van der Waals surface area contributed by atoms with Crippen molar-refractivity contribution in [2.24, 2.45) is 16.0 Å². The van der Waals surface area contributed by atoms with Gasteiger partial charge in [-0.25, -0.2) is 0 Å². The van der Waals surface area contributed by atoms with Gasteiger partial charge >= 0.3 is 0 Å². The lowest BCUT2D eigenvalue weighted by molar-refractivity contribution is -0.114. The fourth-order valence-corrected chi connectivity index (χ4v) is 4.92. The largest absolute Gasteiger partial charge is 0.490 e. The van der Waals surface area contributed by atoms with Gasteiger partial charge in [0.15, 0.2) is 5.84 Å². The predicted molar refractivity (Wildman–Crippen MR) is 142 cm³/mol. The zero-order valence-corrected chi connectivity index (χ0v) is 21.3. The van der Waals surface area contributed by atoms with Gasteiger partial charge in [-0.15, -0.1) is 0 Å². The molecule has 2 aliphatic heterocycles. The van der Waals surface area contributed by atoms with Gasteiger partial charge in [0.05, 0.1) is 5.57 Å². The number of aryl methyl sites for hydroxylation is 2. The first-order chi connectivity index (χ1) is 16.9. The van der Waals surface area contributed by atoms with Crippen LogP contribution in [-0.2, 0) is 4.79 Å². The molecule has 0 saturated heterocycles. The lowest BCUT2D eigenvalue weighted by Gasteiger charge is -2.20. The van der Waals surface area contributed by atoms with E-state index < -0.39 is 5.91 Å². The zero-order valence-electron chi connectivity index (χ0n) is 20.5. The Bertz CT molecular complexity index is 1210. The normalized spacial score (nSPS) is 16.5. The number of amides is 1. The number of nitrogens with zero attached hydrogens (tertiary/aromatic N) is 3. The van der Waals surface area contributed by atoms with E-state index in [1.54, 1.807) is 6.08 Å². The van der Waals surface area contributed by atoms with Gasteiger partial charge in [-0.3, -0.25) is 10.2 Å². The quantitative estimate of drug-likeness (QED) is 0.354. The van der Waals surface area contributed by atoms with Gasteiger partial charge < -0.3 is 9.47 Å². The molecule has 0 spiro atoms. The first-order valence-corrected chi connectivity index (χ1v) is 12.6. The predicted octanol–water partition coefficient (Wildman–Crippen LogP) is 5.82. The Morgan fingerprint density at radius 1 is 1.00 bits per heavy atom. The third-order valence-electron chi connectivity index (χ3n) is 6.10. The summed E-state index contributed by atoms with van der Waals surface area (Å²) in [6, 6.07) is 13.4. The minimum Gasteiger partial charge on any atom is -0.490 e. The molecule has 2 aromatic rings. The van der Waals surface area contributed by atoms with Crippen molar-refractivity contribution in [1.29, 1.82) is 5.41 Å². The van der Waals surface area contributed by atoms with Gasteiger partial charge in [-0.05, 0) is 85.5 Å². The molecule has 0 fully saturated rings. The Morgan fingerprint density at radius 2 is 1.66 bits per heavy atom. The molecule has 1 amide bonds. The van der Waals surface area contributed by atoms with Crippen LogP contribution < -0.4 is 9.47 Å². The monoisotopic (exact) mass is 490 g/mol. The van der Waals surface area contributed by atoms with E-state index in [4.69, 9.17) is 14.9 Å². The number of hydrogen-bond donors (Lipinski definition) is 1. The number of rotatable bonds is 9. The Kier molecular flexibility index (Phi) is 7.70. The summed E-state index contributed by atoms with van der Waals surface area (Å²) >= 11 is 1.39. The maximum Gasteiger partial charge on any atom is 0.283 e. The lowest BCUT2D eigenvalue weighted by Crippen LogP contribution is -2.35. The number of ether oxygens (including phenoxy) is 2. The minimum absolute atomic E-state index is 0.0530. The van der Waals surface area contributed by atoms with Crippen LogP contribution in [-0.4, -0.2) is 40.2 Å². The van der Waals surface area contributed by atoms with Crippen LogP contribution in [0.1, 0.15) is 43.4 Å². The number of amidine groups is 2. The Hall–Kier alpha value is -3.39. The number of fused-ring (bicyclic) bond motifs is 1. The highest BCUT2D eigenvalue weighted by molar-refractivity contribution is 8.27. The van der Waals surface area contributed by atoms with Gasteiger partial charge in [0.25, 0.3) is 5.91 Å². The van der Waals surface area contributed by atoms with Crippen LogP contribution >= 0.6 is 11.8 Å². The van der Waals surface area contributed by atoms with Crippen molar-refractivity contribution in [1.82, 2.24) is 5.01 Å². The minimum atomic E-state index is -0.418. The fraction of sp³-hybridized carbons (Fsp3) is 0.333. The molecule has 2 aromatic carbocycles. The van der Waals surface area contributed by atoms with E-state index in [1.807, 2.05) is 42.5 Å². The topological polar surface area (TPSA) is 87.3 Å². The number of nitrogens with one attached hydrogen (secondary N) is 1. The van der Waals surface area contributed by atoms with Crippen LogP contribution in [0.25, 0.3) is 6.08 Å². The van der Waals surface area contributed by atoms with Crippen LogP contribution in [0.5, 0.6) is 11.5 Å². The second kappa shape index (κ2) is 10.9. The molecule has 0 bridgehead atoms. The summed E-state index contributed by atoms with van der Waals surface area (Å²) in [4.78, 5) is 16.8. The fourth-order valence-electron chi connectivity index (χ4n) is 3.76. The molecule has 0 aliphatic carbocycles. The van der Waals surface area contributed by atoms with Gasteiger partial charge in [0.1, 0.15) is 29.8 Å². The summed E-state index contributed by atoms with van der Waals surface area (Å²) < 4.78 is 11.5. The van der Waals surface area contributed by atoms with Crippen molar-refractivity contribution in [3.8, 4) is 11.5 Å². The molecule has 0 aromatic heterocycles. The molecule has 0 unspecified atom stereocenters. The van der Waals surface area contributed by atoms with Gasteiger partial charge in [-0.2, -0.15) is 15.1 Å². The van der Waals surface area contributed by atoms with Crippen molar-refractivity contribution < 1.29 is 14.3 Å². The summed E-state index contributed by atoms with van der Waals surface area (Å²) in [6.07, 6.45) is 3.59. The van der Waals surface area contributed by atoms with Crippen LogP contribution in [0, 0.1) is 25.2 Å². The molecular weight excluding hydrogens is 460 g/mol. The van der Waals surface area contributed by atoms with Crippen LogP contribution in [0.4, 0.5) is 0 Å². The number of aliphatic imine (C=N–C) groups is 1. The summed E-state index contributed by atoms with van der Waals surface area (Å²) in [6.45, 7) is 9.22. The zero-order chi connectivity index (χ0) is 24.9. The molecule has 35 heavy (non-hydrogen) atoms. The van der Waals surface area contributed by atoms with E-state index in [9.17, 15) is 4.79 Å². The smallest absolute Gasteiger partial charge is 0.283 e. The lowest BCUT2D eigenvalue weighted by atomic mass is 10.1. The molecule has 1 N–H and O–H groups in total. The number of hydrazone groups is 1. The van der Waals surface area contributed by atoms with E-state index in [2.05, 4.69) is 37.8 Å². The van der Waals surface area contributed by atoms with Crippen LogP contribution in [0.15, 0.2) is 58.1 Å². The number of carbonyl (C=O) groups excluding carboxylic acids is 1. The molecule has 0 radical (unpaired) electrons. The van der Waals surface area contributed by atoms with E-state index in [0.717, 1.165) is 29.2 Å². The Morgan fingerprint density at radius 3 is 2.31 bits per heavy atom. The Labute approximate surface area is 210 Å². The molecule has 2 heterocycles. The average molecular weight is 491 g/mol. The van der Waals surface area contributed by atoms with Crippen LogP contribution in [0.2, 0.25) is 0 Å². The SMILES string of the molecule is CCC(CC)C1=NN2C(=N)/C(=C\c3ccc(OCCOc4ccc(C)c(C)c4)cc3)C(=O)N=C2S1. The summed E-state index contributed by atoms with van der Waals surface area (Å²) in [5.74, 6) is 1.48. The molecule has 7 nitrogen and oxygen atoms in total. The number of thioether (sulfide) groups is 1. The number of carbonyl (C=O) groups is 1. The van der Waals surface area contributed by atoms with Crippen molar-refractivity contribution in [2.75, 3.05) is 13.2 Å². The maximum absolute atomic E-state index is 12.6. The van der Waals surface area contributed by atoms with Crippen molar-refractivity contribution >= 4 is 39.8 Å². The second-order valence-corrected chi connectivity index (χ2v) is 9.47. The van der Waals surface area contributed by atoms with Gasteiger partial charge in [-0.1, -0.05) is 32.0 Å². The van der Waals surface area contributed by atoms with E-state index in [-0.39, 0.29) is 11.4 Å². The third-order valence-corrected chi connectivity index (χ3v) is 7.17.